The lowest BCUT2D eigenvalue weighted by Crippen LogP contribution is -2.13. The van der Waals surface area contributed by atoms with Crippen LogP contribution in [0, 0.1) is 0 Å². The highest BCUT2D eigenvalue weighted by atomic mass is 79.9. The third-order valence-electron chi connectivity index (χ3n) is 3.12. The highest BCUT2D eigenvalue weighted by molar-refractivity contribution is 9.10. The van der Waals surface area contributed by atoms with Gasteiger partial charge in [0.1, 0.15) is 0 Å². The quantitative estimate of drug-likeness (QED) is 0.947. The van der Waals surface area contributed by atoms with E-state index in [0.29, 0.717) is 6.42 Å². The second-order valence-corrected chi connectivity index (χ2v) is 5.42. The van der Waals surface area contributed by atoms with E-state index in [1.165, 1.54) is 12.0 Å². The summed E-state index contributed by atoms with van der Waals surface area (Å²) in [6.45, 7) is 1.04. The third-order valence-corrected chi connectivity index (χ3v) is 3.65. The van der Waals surface area contributed by atoms with Gasteiger partial charge in [-0.3, -0.25) is 0 Å². The normalized spacial score (nSPS) is 19.3. The molecule has 0 radical (unpaired) electrons. The van der Waals surface area contributed by atoms with Gasteiger partial charge in [-0.1, -0.05) is 33.2 Å². The molecule has 3 rings (SSSR count). The van der Waals surface area contributed by atoms with Crippen LogP contribution in [-0.4, -0.2) is 16.7 Å². The Balaban J connectivity index is 1.71. The minimum absolute atomic E-state index is 0.246. The van der Waals surface area contributed by atoms with Crippen LogP contribution in [0.25, 0.3) is 0 Å². The Morgan fingerprint density at radius 1 is 1.33 bits per heavy atom. The Kier molecular flexibility index (Phi) is 3.43. The molecule has 0 saturated carbocycles. The zero-order chi connectivity index (χ0) is 12.4. The van der Waals surface area contributed by atoms with Gasteiger partial charge in [0.25, 0.3) is 0 Å². The van der Waals surface area contributed by atoms with Gasteiger partial charge in [-0.2, -0.15) is 4.98 Å². The summed E-state index contributed by atoms with van der Waals surface area (Å²) in [7, 11) is 0. The van der Waals surface area contributed by atoms with Crippen LogP contribution in [0.2, 0.25) is 0 Å². The highest BCUT2D eigenvalue weighted by Crippen LogP contribution is 2.21. The van der Waals surface area contributed by atoms with E-state index < -0.39 is 0 Å². The Labute approximate surface area is 114 Å². The molecule has 2 aromatic rings. The molecule has 0 aliphatic carbocycles. The van der Waals surface area contributed by atoms with Crippen molar-refractivity contribution < 1.29 is 4.52 Å². The predicted octanol–water partition coefficient (Wildman–Crippen LogP) is 2.85. The van der Waals surface area contributed by atoms with Crippen LogP contribution < -0.4 is 5.32 Å². The van der Waals surface area contributed by atoms with Crippen LogP contribution in [-0.2, 0) is 6.42 Å². The van der Waals surface area contributed by atoms with E-state index in [1.54, 1.807) is 0 Å². The molecule has 1 aliphatic heterocycles. The summed E-state index contributed by atoms with van der Waals surface area (Å²) in [4.78, 5) is 4.46. The fraction of sp³-hybridized carbons (Fsp3) is 0.385. The monoisotopic (exact) mass is 307 g/mol. The van der Waals surface area contributed by atoms with Gasteiger partial charge in [0.05, 0.1) is 6.04 Å². The van der Waals surface area contributed by atoms with Crippen molar-refractivity contribution in [2.24, 2.45) is 0 Å². The zero-order valence-corrected chi connectivity index (χ0v) is 11.5. The predicted molar refractivity (Wildman–Crippen MR) is 71.2 cm³/mol. The van der Waals surface area contributed by atoms with Crippen molar-refractivity contribution in [2.45, 2.75) is 25.3 Å². The molecular weight excluding hydrogens is 294 g/mol. The van der Waals surface area contributed by atoms with Gasteiger partial charge in [0, 0.05) is 10.9 Å². The van der Waals surface area contributed by atoms with E-state index >= 15 is 0 Å². The SMILES string of the molecule is Brc1ccc(Cc2noc([C@@H]3CCCN3)n2)cc1. The Hall–Kier alpha value is -1.20. The van der Waals surface area contributed by atoms with E-state index in [1.807, 2.05) is 12.1 Å². The van der Waals surface area contributed by atoms with Crippen LogP contribution in [0.1, 0.15) is 36.2 Å². The van der Waals surface area contributed by atoms with Gasteiger partial charge in [0.15, 0.2) is 5.82 Å². The summed E-state index contributed by atoms with van der Waals surface area (Å²) in [6.07, 6.45) is 2.97. The lowest BCUT2D eigenvalue weighted by molar-refractivity contribution is 0.341. The average molecular weight is 308 g/mol. The number of aromatic nitrogens is 2. The molecule has 1 saturated heterocycles. The standard InChI is InChI=1S/C13H14BrN3O/c14-10-5-3-9(4-6-10)8-12-16-13(18-17-12)11-2-1-7-15-11/h3-6,11,15H,1-2,7-8H2/t11-/m0/s1. The zero-order valence-electron chi connectivity index (χ0n) is 9.90. The molecule has 0 unspecified atom stereocenters. The van der Waals surface area contributed by atoms with Gasteiger partial charge in [-0.25, -0.2) is 0 Å². The average Bonchev–Trinajstić information content (AvgIpc) is 3.02. The van der Waals surface area contributed by atoms with Crippen LogP contribution in [0.3, 0.4) is 0 Å². The molecule has 5 heteroatoms. The number of hydrogen-bond donors (Lipinski definition) is 1. The molecule has 1 aromatic carbocycles. The summed E-state index contributed by atoms with van der Waals surface area (Å²) in [6, 6.07) is 8.42. The topological polar surface area (TPSA) is 51.0 Å². The van der Waals surface area contributed by atoms with Crippen LogP contribution in [0.4, 0.5) is 0 Å². The number of halogens is 1. The molecule has 1 aliphatic rings. The first-order valence-corrected chi connectivity index (χ1v) is 6.91. The van der Waals surface area contributed by atoms with Gasteiger partial charge in [0.2, 0.25) is 5.89 Å². The molecule has 1 atom stereocenters. The molecule has 0 bridgehead atoms. The number of rotatable bonds is 3. The summed E-state index contributed by atoms with van der Waals surface area (Å²) >= 11 is 3.42. The van der Waals surface area contributed by atoms with Crippen molar-refractivity contribution in [3.8, 4) is 0 Å². The van der Waals surface area contributed by atoms with Crippen LogP contribution >= 0.6 is 15.9 Å². The smallest absolute Gasteiger partial charge is 0.243 e. The molecule has 0 amide bonds. The fourth-order valence-corrected chi connectivity index (χ4v) is 2.43. The highest BCUT2D eigenvalue weighted by Gasteiger charge is 2.22. The number of nitrogens with one attached hydrogen (secondary N) is 1. The maximum absolute atomic E-state index is 5.31. The molecule has 94 valence electrons. The van der Waals surface area contributed by atoms with E-state index in [4.69, 9.17) is 4.52 Å². The van der Waals surface area contributed by atoms with E-state index in [2.05, 4.69) is 43.5 Å². The molecule has 1 aromatic heterocycles. The summed E-state index contributed by atoms with van der Waals surface area (Å²) in [5, 5.41) is 7.40. The van der Waals surface area contributed by atoms with Crippen molar-refractivity contribution in [2.75, 3.05) is 6.54 Å². The van der Waals surface area contributed by atoms with Crippen molar-refractivity contribution in [3.05, 3.63) is 46.0 Å². The second-order valence-electron chi connectivity index (χ2n) is 4.50. The maximum Gasteiger partial charge on any atom is 0.243 e. The van der Waals surface area contributed by atoms with Crippen LogP contribution in [0.5, 0.6) is 0 Å². The van der Waals surface area contributed by atoms with Gasteiger partial charge in [-0.15, -0.1) is 0 Å². The van der Waals surface area contributed by atoms with E-state index in [-0.39, 0.29) is 6.04 Å². The molecule has 1 fully saturated rings. The number of nitrogens with zero attached hydrogens (tertiary/aromatic N) is 2. The number of benzene rings is 1. The molecule has 1 N–H and O–H groups in total. The molecule has 0 spiro atoms. The Morgan fingerprint density at radius 2 is 2.17 bits per heavy atom. The summed E-state index contributed by atoms with van der Waals surface area (Å²) < 4.78 is 6.39. The first-order chi connectivity index (χ1) is 8.81. The van der Waals surface area contributed by atoms with E-state index in [9.17, 15) is 0 Å². The minimum atomic E-state index is 0.246. The maximum atomic E-state index is 5.31. The van der Waals surface area contributed by atoms with Gasteiger partial charge < -0.3 is 9.84 Å². The van der Waals surface area contributed by atoms with Gasteiger partial charge in [-0.05, 0) is 37.1 Å². The Bertz CT molecular complexity index is 517. The van der Waals surface area contributed by atoms with Crippen molar-refractivity contribution in [1.82, 2.24) is 15.5 Å². The number of hydrogen-bond acceptors (Lipinski definition) is 4. The van der Waals surface area contributed by atoms with Crippen molar-refractivity contribution in [1.29, 1.82) is 0 Å². The lowest BCUT2D eigenvalue weighted by atomic mass is 10.1. The molecule has 2 heterocycles. The van der Waals surface area contributed by atoms with Crippen molar-refractivity contribution >= 4 is 15.9 Å². The van der Waals surface area contributed by atoms with Crippen molar-refractivity contribution in [3.63, 3.8) is 0 Å². The summed E-state index contributed by atoms with van der Waals surface area (Å²) in [5.41, 5.74) is 1.19. The molecular formula is C13H14BrN3O. The van der Waals surface area contributed by atoms with Gasteiger partial charge >= 0.3 is 0 Å². The minimum Gasteiger partial charge on any atom is -0.338 e. The van der Waals surface area contributed by atoms with E-state index in [0.717, 1.165) is 29.2 Å². The molecule has 4 nitrogen and oxygen atoms in total. The first-order valence-electron chi connectivity index (χ1n) is 6.11. The second kappa shape index (κ2) is 5.20. The summed E-state index contributed by atoms with van der Waals surface area (Å²) in [5.74, 6) is 1.47. The molecule has 18 heavy (non-hydrogen) atoms. The Morgan fingerprint density at radius 3 is 2.89 bits per heavy atom. The van der Waals surface area contributed by atoms with Crippen LogP contribution in [0.15, 0.2) is 33.3 Å². The fourth-order valence-electron chi connectivity index (χ4n) is 2.16. The third kappa shape index (κ3) is 2.62. The first kappa shape index (κ1) is 11.9. The largest absolute Gasteiger partial charge is 0.338 e. The lowest BCUT2D eigenvalue weighted by Gasteiger charge is -2.01.